The Morgan fingerprint density at radius 2 is 1.63 bits per heavy atom. The number of amides is 1. The average Bonchev–Trinajstić information content (AvgIpc) is 3.21. The largest absolute Gasteiger partial charge is 0.293 e. The Balaban J connectivity index is 1.57. The molecule has 1 amide bonds. The minimum absolute atomic E-state index is 0.0377. The van der Waals surface area contributed by atoms with Gasteiger partial charge < -0.3 is 0 Å². The van der Waals surface area contributed by atoms with Crippen molar-refractivity contribution in [1.29, 1.82) is 0 Å². The summed E-state index contributed by atoms with van der Waals surface area (Å²) in [6.07, 6.45) is 0.641. The van der Waals surface area contributed by atoms with Gasteiger partial charge >= 0.3 is 0 Å². The van der Waals surface area contributed by atoms with Crippen LogP contribution in [-0.4, -0.2) is 35.1 Å². The maximum Gasteiger partial charge on any atom is 0.257 e. The van der Waals surface area contributed by atoms with Crippen LogP contribution in [0.15, 0.2) is 90.0 Å². The Bertz CT molecular complexity index is 1040. The molecule has 0 aliphatic carbocycles. The predicted molar refractivity (Wildman–Crippen MR) is 121 cm³/mol. The van der Waals surface area contributed by atoms with E-state index in [1.807, 2.05) is 84.7 Å². The van der Waals surface area contributed by atoms with Crippen LogP contribution in [0.1, 0.15) is 29.2 Å². The molecule has 1 aliphatic heterocycles. The lowest BCUT2D eigenvalue weighted by atomic mass is 9.98. The minimum Gasteiger partial charge on any atom is -0.293 e. The molecule has 0 bridgehead atoms. The zero-order valence-electron chi connectivity index (χ0n) is 16.9. The molecule has 0 N–H and O–H groups in total. The number of rotatable bonds is 6. The van der Waals surface area contributed by atoms with Crippen LogP contribution in [-0.2, 0) is 11.3 Å². The van der Waals surface area contributed by atoms with Crippen LogP contribution >= 0.6 is 11.6 Å². The van der Waals surface area contributed by atoms with Gasteiger partial charge in [-0.25, -0.2) is 5.01 Å². The van der Waals surface area contributed by atoms with E-state index in [9.17, 15) is 4.79 Å². The first-order chi connectivity index (χ1) is 14.6. The molecule has 0 unspecified atom stereocenters. The summed E-state index contributed by atoms with van der Waals surface area (Å²) in [5.74, 6) is -0.0377. The summed E-state index contributed by atoms with van der Waals surface area (Å²) in [5, 5.41) is 7.00. The first kappa shape index (κ1) is 20.3. The number of hydrazone groups is 1. The van der Waals surface area contributed by atoms with E-state index in [0.29, 0.717) is 18.0 Å². The molecule has 0 aromatic heterocycles. The molecule has 5 heteroatoms. The van der Waals surface area contributed by atoms with E-state index < -0.39 is 0 Å². The van der Waals surface area contributed by atoms with Crippen LogP contribution in [0.4, 0.5) is 0 Å². The molecule has 4 rings (SSSR count). The van der Waals surface area contributed by atoms with Gasteiger partial charge in [-0.3, -0.25) is 9.69 Å². The quantitative estimate of drug-likeness (QED) is 0.556. The maximum absolute atomic E-state index is 13.3. The van der Waals surface area contributed by atoms with E-state index in [1.165, 1.54) is 5.56 Å². The Morgan fingerprint density at radius 3 is 2.33 bits per heavy atom. The SMILES string of the molecule is CN(CC(=O)N1N=C(c2ccccc2)C[C@H]1c1ccccc1Cl)Cc1ccccc1. The molecule has 152 valence electrons. The molecule has 1 aliphatic rings. The standard InChI is InChI=1S/C25H24ClN3O/c1-28(17-19-10-4-2-5-11-19)18-25(30)29-24(21-14-8-9-15-22(21)26)16-23(27-29)20-12-6-3-7-13-20/h2-15,24H,16-18H2,1H3/t24-/m0/s1. The van der Waals surface area contributed by atoms with Crippen molar-refractivity contribution < 1.29 is 4.79 Å². The van der Waals surface area contributed by atoms with Gasteiger partial charge in [-0.05, 0) is 29.8 Å². The predicted octanol–water partition coefficient (Wildman–Crippen LogP) is 5.15. The third-order valence-corrected chi connectivity index (χ3v) is 5.58. The Kier molecular flexibility index (Phi) is 6.26. The van der Waals surface area contributed by atoms with Crippen LogP contribution < -0.4 is 0 Å². The molecular weight excluding hydrogens is 394 g/mol. The first-order valence-electron chi connectivity index (χ1n) is 10.0. The second-order valence-corrected chi connectivity index (χ2v) is 7.96. The van der Waals surface area contributed by atoms with Gasteiger partial charge in [-0.15, -0.1) is 0 Å². The van der Waals surface area contributed by atoms with E-state index in [1.54, 1.807) is 5.01 Å². The maximum atomic E-state index is 13.3. The molecule has 3 aromatic carbocycles. The smallest absolute Gasteiger partial charge is 0.257 e. The van der Waals surface area contributed by atoms with Crippen LogP contribution in [0.3, 0.4) is 0 Å². The Morgan fingerprint density at radius 1 is 1.00 bits per heavy atom. The van der Waals surface area contributed by atoms with Gasteiger partial charge in [0.15, 0.2) is 0 Å². The van der Waals surface area contributed by atoms with Crippen LogP contribution in [0.25, 0.3) is 0 Å². The molecule has 1 heterocycles. The normalized spacial score (nSPS) is 16.0. The van der Waals surface area contributed by atoms with Gasteiger partial charge in [0, 0.05) is 18.0 Å². The monoisotopic (exact) mass is 417 g/mol. The molecule has 3 aromatic rings. The second kappa shape index (κ2) is 9.24. The second-order valence-electron chi connectivity index (χ2n) is 7.55. The zero-order valence-corrected chi connectivity index (χ0v) is 17.7. The van der Waals surface area contributed by atoms with Gasteiger partial charge in [0.05, 0.1) is 18.3 Å². The van der Waals surface area contributed by atoms with Gasteiger partial charge in [-0.1, -0.05) is 90.5 Å². The van der Waals surface area contributed by atoms with Gasteiger partial charge in [0.25, 0.3) is 5.91 Å². The molecular formula is C25H24ClN3O. The van der Waals surface area contributed by atoms with Crippen molar-refractivity contribution in [2.75, 3.05) is 13.6 Å². The molecule has 30 heavy (non-hydrogen) atoms. The summed E-state index contributed by atoms with van der Waals surface area (Å²) in [6, 6.07) is 27.6. The number of carbonyl (C=O) groups excluding carboxylic acids is 1. The topological polar surface area (TPSA) is 35.9 Å². The number of hydrogen-bond acceptors (Lipinski definition) is 3. The van der Waals surface area contributed by atoms with Crippen molar-refractivity contribution in [3.63, 3.8) is 0 Å². The highest BCUT2D eigenvalue weighted by atomic mass is 35.5. The van der Waals surface area contributed by atoms with Gasteiger partial charge in [0.1, 0.15) is 0 Å². The van der Waals surface area contributed by atoms with E-state index >= 15 is 0 Å². The van der Waals surface area contributed by atoms with E-state index in [-0.39, 0.29) is 18.5 Å². The molecule has 0 saturated carbocycles. The third-order valence-electron chi connectivity index (χ3n) is 5.24. The number of likely N-dealkylation sites (N-methyl/N-ethyl adjacent to an activating group) is 1. The minimum atomic E-state index is -0.202. The summed E-state index contributed by atoms with van der Waals surface area (Å²) in [4.78, 5) is 15.3. The summed E-state index contributed by atoms with van der Waals surface area (Å²) >= 11 is 6.48. The number of nitrogens with zero attached hydrogens (tertiary/aromatic N) is 3. The van der Waals surface area contributed by atoms with Crippen molar-refractivity contribution in [3.8, 4) is 0 Å². The fraction of sp³-hybridized carbons (Fsp3) is 0.200. The molecule has 0 saturated heterocycles. The Labute approximate surface area is 182 Å². The first-order valence-corrected chi connectivity index (χ1v) is 10.4. The molecule has 1 atom stereocenters. The van der Waals surface area contributed by atoms with Gasteiger partial charge in [-0.2, -0.15) is 5.10 Å². The molecule has 0 spiro atoms. The summed E-state index contributed by atoms with van der Waals surface area (Å²) in [7, 11) is 1.95. The fourth-order valence-corrected chi connectivity index (χ4v) is 4.05. The summed E-state index contributed by atoms with van der Waals surface area (Å²) in [5.41, 5.74) is 4.03. The van der Waals surface area contributed by atoms with Crippen molar-refractivity contribution in [2.24, 2.45) is 5.10 Å². The van der Waals surface area contributed by atoms with E-state index in [2.05, 4.69) is 12.1 Å². The highest BCUT2D eigenvalue weighted by Gasteiger charge is 2.34. The Hall–Kier alpha value is -2.95. The summed E-state index contributed by atoms with van der Waals surface area (Å²) in [6.45, 7) is 0.980. The third kappa shape index (κ3) is 4.61. The lowest BCUT2D eigenvalue weighted by Gasteiger charge is -2.25. The lowest BCUT2D eigenvalue weighted by Crippen LogP contribution is -2.36. The van der Waals surface area contributed by atoms with E-state index in [0.717, 1.165) is 16.8 Å². The number of benzene rings is 3. The van der Waals surface area contributed by atoms with Crippen molar-refractivity contribution in [1.82, 2.24) is 9.91 Å². The summed E-state index contributed by atoms with van der Waals surface area (Å²) < 4.78 is 0. The highest BCUT2D eigenvalue weighted by Crippen LogP contribution is 2.36. The van der Waals surface area contributed by atoms with Crippen molar-refractivity contribution in [2.45, 2.75) is 19.0 Å². The lowest BCUT2D eigenvalue weighted by molar-refractivity contribution is -0.134. The number of carbonyl (C=O) groups is 1. The van der Waals surface area contributed by atoms with Gasteiger partial charge in [0.2, 0.25) is 0 Å². The highest BCUT2D eigenvalue weighted by molar-refractivity contribution is 6.31. The van der Waals surface area contributed by atoms with Crippen LogP contribution in [0, 0.1) is 0 Å². The number of hydrogen-bond donors (Lipinski definition) is 0. The molecule has 0 fully saturated rings. The van der Waals surface area contributed by atoms with Crippen LogP contribution in [0.5, 0.6) is 0 Å². The van der Waals surface area contributed by atoms with Crippen LogP contribution in [0.2, 0.25) is 5.02 Å². The molecule has 4 nitrogen and oxygen atoms in total. The van der Waals surface area contributed by atoms with E-state index in [4.69, 9.17) is 16.7 Å². The zero-order chi connectivity index (χ0) is 20.9. The number of halogens is 1. The fourth-order valence-electron chi connectivity index (χ4n) is 3.79. The molecule has 0 radical (unpaired) electrons. The van der Waals surface area contributed by atoms with Crippen molar-refractivity contribution >= 4 is 23.2 Å². The average molecular weight is 418 g/mol. The van der Waals surface area contributed by atoms with Crippen molar-refractivity contribution in [3.05, 3.63) is 107 Å².